The number of aliphatic hydroxyl groups excluding tert-OH is 2. The minimum Gasteiger partial charge on any atom is -0.489 e. The molecule has 21 heavy (non-hydrogen) atoms. The van der Waals surface area contributed by atoms with Crippen molar-refractivity contribution < 1.29 is 19.9 Å². The van der Waals surface area contributed by atoms with Crippen LogP contribution in [0.2, 0.25) is 0 Å². The summed E-state index contributed by atoms with van der Waals surface area (Å²) < 4.78 is 5.58. The van der Waals surface area contributed by atoms with Crippen LogP contribution in [0.5, 0.6) is 5.75 Å². The van der Waals surface area contributed by atoms with E-state index in [-0.39, 0.29) is 25.5 Å². The molecular formula is C15H15NO5. The molecular weight excluding hydrogens is 274 g/mol. The fourth-order valence-corrected chi connectivity index (χ4v) is 1.85. The quantitative estimate of drug-likeness (QED) is 0.628. The molecule has 110 valence electrons. The second kappa shape index (κ2) is 6.83. The van der Waals surface area contributed by atoms with Gasteiger partial charge in [-0.25, -0.2) is 0 Å². The molecule has 0 fully saturated rings. The minimum absolute atomic E-state index is 0.0157. The third kappa shape index (κ3) is 3.77. The first-order chi connectivity index (χ1) is 10.1. The van der Waals surface area contributed by atoms with Crippen molar-refractivity contribution in [2.45, 2.75) is 19.8 Å². The molecule has 0 aliphatic carbocycles. The number of ether oxygens (including phenoxy) is 1. The first-order valence-electron chi connectivity index (χ1n) is 6.33. The molecule has 0 amide bonds. The van der Waals surface area contributed by atoms with E-state index in [0.29, 0.717) is 11.3 Å². The molecule has 0 saturated heterocycles. The van der Waals surface area contributed by atoms with Crippen LogP contribution in [0.15, 0.2) is 42.5 Å². The van der Waals surface area contributed by atoms with Crippen LogP contribution in [0.1, 0.15) is 16.7 Å². The highest BCUT2D eigenvalue weighted by atomic mass is 16.6. The maximum Gasteiger partial charge on any atom is 0.270 e. The summed E-state index contributed by atoms with van der Waals surface area (Å²) in [6.45, 7) is -0.0743. The Morgan fingerprint density at radius 2 is 1.67 bits per heavy atom. The lowest BCUT2D eigenvalue weighted by molar-refractivity contribution is -0.385. The number of benzene rings is 2. The van der Waals surface area contributed by atoms with Gasteiger partial charge in [-0.1, -0.05) is 24.3 Å². The first kappa shape index (κ1) is 15.0. The highest BCUT2D eigenvalue weighted by Crippen LogP contribution is 2.25. The van der Waals surface area contributed by atoms with E-state index in [9.17, 15) is 15.2 Å². The van der Waals surface area contributed by atoms with E-state index in [4.69, 9.17) is 9.84 Å². The Morgan fingerprint density at radius 1 is 1.00 bits per heavy atom. The van der Waals surface area contributed by atoms with Gasteiger partial charge in [-0.15, -0.1) is 0 Å². The summed E-state index contributed by atoms with van der Waals surface area (Å²) >= 11 is 0. The van der Waals surface area contributed by atoms with Crippen molar-refractivity contribution >= 4 is 5.69 Å². The monoisotopic (exact) mass is 289 g/mol. The normalized spacial score (nSPS) is 10.4. The maximum atomic E-state index is 10.7. The smallest absolute Gasteiger partial charge is 0.270 e. The number of nitro benzene ring substituents is 1. The fraction of sp³-hybridized carbons (Fsp3) is 0.200. The molecule has 0 aromatic heterocycles. The van der Waals surface area contributed by atoms with Gasteiger partial charge in [0.05, 0.1) is 18.1 Å². The van der Waals surface area contributed by atoms with E-state index in [0.717, 1.165) is 11.1 Å². The molecule has 0 atom stereocenters. The van der Waals surface area contributed by atoms with Crippen molar-refractivity contribution in [3.05, 3.63) is 69.3 Å². The van der Waals surface area contributed by atoms with E-state index >= 15 is 0 Å². The van der Waals surface area contributed by atoms with Gasteiger partial charge in [-0.05, 0) is 17.2 Å². The second-order valence-corrected chi connectivity index (χ2v) is 4.47. The summed E-state index contributed by atoms with van der Waals surface area (Å²) in [5.41, 5.74) is 1.99. The Labute approximate surface area is 121 Å². The van der Waals surface area contributed by atoms with Crippen molar-refractivity contribution in [1.82, 2.24) is 0 Å². The van der Waals surface area contributed by atoms with E-state index in [2.05, 4.69) is 0 Å². The molecule has 0 aliphatic heterocycles. The van der Waals surface area contributed by atoms with Gasteiger partial charge in [-0.2, -0.15) is 0 Å². The predicted molar refractivity (Wildman–Crippen MR) is 75.7 cm³/mol. The van der Waals surface area contributed by atoms with E-state index in [1.54, 1.807) is 12.1 Å². The Balaban J connectivity index is 2.09. The Hall–Kier alpha value is -2.44. The SMILES string of the molecule is O=[N+]([O-])c1ccc(OCc2ccc(CO)cc2)c(CO)c1. The van der Waals surface area contributed by atoms with Crippen LogP contribution in [0.4, 0.5) is 5.69 Å². The lowest BCUT2D eigenvalue weighted by Gasteiger charge is -2.10. The zero-order chi connectivity index (χ0) is 15.2. The number of non-ortho nitro benzene ring substituents is 1. The number of hydrogen-bond acceptors (Lipinski definition) is 5. The standard InChI is InChI=1S/C15H15NO5/c17-8-11-1-3-12(4-2-11)10-21-15-6-5-14(16(19)20)7-13(15)9-18/h1-7,17-18H,8-10H2. The van der Waals surface area contributed by atoms with Gasteiger partial charge in [0.25, 0.3) is 5.69 Å². The molecule has 6 nitrogen and oxygen atoms in total. The Kier molecular flexibility index (Phi) is 4.86. The summed E-state index contributed by atoms with van der Waals surface area (Å²) in [4.78, 5) is 10.2. The van der Waals surface area contributed by atoms with E-state index in [1.165, 1.54) is 18.2 Å². The average Bonchev–Trinajstić information content (AvgIpc) is 2.53. The lowest BCUT2D eigenvalue weighted by atomic mass is 10.1. The fourth-order valence-electron chi connectivity index (χ4n) is 1.85. The van der Waals surface area contributed by atoms with Gasteiger partial charge in [0.1, 0.15) is 12.4 Å². The average molecular weight is 289 g/mol. The molecule has 0 unspecified atom stereocenters. The van der Waals surface area contributed by atoms with Gasteiger partial charge in [0.2, 0.25) is 0 Å². The Morgan fingerprint density at radius 3 is 2.24 bits per heavy atom. The third-order valence-electron chi connectivity index (χ3n) is 3.03. The molecule has 0 bridgehead atoms. The van der Waals surface area contributed by atoms with Crippen LogP contribution in [0.25, 0.3) is 0 Å². The highest BCUT2D eigenvalue weighted by Gasteiger charge is 2.11. The molecule has 0 heterocycles. The van der Waals surface area contributed by atoms with E-state index < -0.39 is 4.92 Å². The van der Waals surface area contributed by atoms with Gasteiger partial charge in [-0.3, -0.25) is 10.1 Å². The van der Waals surface area contributed by atoms with Crippen LogP contribution < -0.4 is 4.74 Å². The molecule has 2 N–H and O–H groups in total. The highest BCUT2D eigenvalue weighted by molar-refractivity contribution is 5.43. The molecule has 0 saturated carbocycles. The number of nitro groups is 1. The number of aliphatic hydroxyl groups is 2. The third-order valence-corrected chi connectivity index (χ3v) is 3.03. The van der Waals surface area contributed by atoms with E-state index in [1.807, 2.05) is 12.1 Å². The van der Waals surface area contributed by atoms with Gasteiger partial charge >= 0.3 is 0 Å². The van der Waals surface area contributed by atoms with Crippen molar-refractivity contribution in [3.8, 4) is 5.75 Å². The van der Waals surface area contributed by atoms with Crippen LogP contribution in [-0.4, -0.2) is 15.1 Å². The van der Waals surface area contributed by atoms with Crippen molar-refractivity contribution in [2.75, 3.05) is 0 Å². The van der Waals surface area contributed by atoms with Crippen molar-refractivity contribution in [1.29, 1.82) is 0 Å². The molecule has 2 aromatic carbocycles. The van der Waals surface area contributed by atoms with Gasteiger partial charge < -0.3 is 14.9 Å². The molecule has 6 heteroatoms. The topological polar surface area (TPSA) is 92.8 Å². The second-order valence-electron chi connectivity index (χ2n) is 4.47. The summed E-state index contributed by atoms with van der Waals surface area (Å²) in [6.07, 6.45) is 0. The van der Waals surface area contributed by atoms with Crippen LogP contribution >= 0.6 is 0 Å². The zero-order valence-corrected chi connectivity index (χ0v) is 11.2. The molecule has 0 spiro atoms. The van der Waals surface area contributed by atoms with Gasteiger partial charge in [0.15, 0.2) is 0 Å². The first-order valence-corrected chi connectivity index (χ1v) is 6.33. The largest absolute Gasteiger partial charge is 0.489 e. The summed E-state index contributed by atoms with van der Waals surface area (Å²) in [6, 6.07) is 11.4. The van der Waals surface area contributed by atoms with Crippen molar-refractivity contribution in [2.24, 2.45) is 0 Å². The van der Waals surface area contributed by atoms with Crippen LogP contribution in [0, 0.1) is 10.1 Å². The number of hydrogen-bond donors (Lipinski definition) is 2. The maximum absolute atomic E-state index is 10.7. The number of nitrogens with zero attached hydrogens (tertiary/aromatic N) is 1. The minimum atomic E-state index is -0.517. The molecule has 2 rings (SSSR count). The lowest BCUT2D eigenvalue weighted by Crippen LogP contribution is -2.00. The van der Waals surface area contributed by atoms with Crippen molar-refractivity contribution in [3.63, 3.8) is 0 Å². The summed E-state index contributed by atoms with van der Waals surface area (Å²) in [7, 11) is 0. The predicted octanol–water partition coefficient (Wildman–Crippen LogP) is 2.16. The van der Waals surface area contributed by atoms with Crippen LogP contribution in [0.3, 0.4) is 0 Å². The van der Waals surface area contributed by atoms with Crippen LogP contribution in [-0.2, 0) is 19.8 Å². The summed E-state index contributed by atoms with van der Waals surface area (Å²) in [5.74, 6) is 0.411. The van der Waals surface area contributed by atoms with Gasteiger partial charge in [0, 0.05) is 17.7 Å². The Bertz CT molecular complexity index is 624. The summed E-state index contributed by atoms with van der Waals surface area (Å²) in [5, 5.41) is 28.9. The molecule has 0 radical (unpaired) electrons. The molecule has 2 aromatic rings. The molecule has 0 aliphatic rings. The zero-order valence-electron chi connectivity index (χ0n) is 11.2. The number of rotatable bonds is 6.